The van der Waals surface area contributed by atoms with Crippen LogP contribution in [0, 0.1) is 5.92 Å². The second-order valence-corrected chi connectivity index (χ2v) is 6.39. The largest absolute Gasteiger partial charge is 0.493 e. The Hall–Kier alpha value is -2.04. The first kappa shape index (κ1) is 16.3. The average molecular weight is 305 g/mol. The molecule has 1 aliphatic rings. The third-order valence-electron chi connectivity index (χ3n) is 3.88. The molecule has 5 heteroatoms. The van der Waals surface area contributed by atoms with Gasteiger partial charge in [-0.1, -0.05) is 13.8 Å². The maximum atomic E-state index is 12.3. The highest BCUT2D eigenvalue weighted by Gasteiger charge is 2.40. The Kier molecular flexibility index (Phi) is 5.06. The number of aliphatic carboxylic acids is 1. The lowest BCUT2D eigenvalue weighted by molar-refractivity contribution is -0.139. The zero-order valence-electron chi connectivity index (χ0n) is 13.1. The summed E-state index contributed by atoms with van der Waals surface area (Å²) in [5.74, 6) is 0.0698. The molecule has 0 spiro atoms. The molecule has 5 nitrogen and oxygen atoms in total. The maximum Gasteiger partial charge on any atom is 0.305 e. The van der Waals surface area contributed by atoms with Crippen molar-refractivity contribution < 1.29 is 19.4 Å². The van der Waals surface area contributed by atoms with Crippen molar-refractivity contribution in [3.8, 4) is 5.75 Å². The first-order chi connectivity index (χ1) is 10.4. The summed E-state index contributed by atoms with van der Waals surface area (Å²) in [6.07, 6.45) is 2.38. The fourth-order valence-corrected chi connectivity index (χ4v) is 2.52. The van der Waals surface area contributed by atoms with Crippen molar-refractivity contribution in [2.24, 2.45) is 5.92 Å². The van der Waals surface area contributed by atoms with Gasteiger partial charge < -0.3 is 15.2 Å². The molecular formula is C17H23NO4. The molecule has 0 heterocycles. The minimum atomic E-state index is -0.877. The van der Waals surface area contributed by atoms with Crippen LogP contribution in [-0.2, 0) is 4.79 Å². The Labute approximate surface area is 130 Å². The van der Waals surface area contributed by atoms with E-state index in [1.807, 2.05) is 0 Å². The molecular weight excluding hydrogens is 282 g/mol. The predicted molar refractivity (Wildman–Crippen MR) is 83.1 cm³/mol. The molecule has 0 saturated heterocycles. The number of carboxylic acid groups (broad SMARTS) is 1. The molecule has 0 aromatic heterocycles. The maximum absolute atomic E-state index is 12.3. The van der Waals surface area contributed by atoms with Crippen molar-refractivity contribution in [1.29, 1.82) is 0 Å². The third kappa shape index (κ3) is 4.23. The van der Waals surface area contributed by atoms with E-state index in [4.69, 9.17) is 9.84 Å². The monoisotopic (exact) mass is 305 g/mol. The Balaban J connectivity index is 1.96. The molecule has 0 bridgehead atoms. The van der Waals surface area contributed by atoms with Gasteiger partial charge in [-0.3, -0.25) is 9.59 Å². The molecule has 2 rings (SSSR count). The molecule has 1 aliphatic carbocycles. The van der Waals surface area contributed by atoms with Crippen LogP contribution in [0.4, 0.5) is 0 Å². The smallest absolute Gasteiger partial charge is 0.305 e. The highest BCUT2D eigenvalue weighted by atomic mass is 16.5. The molecule has 0 unspecified atom stereocenters. The van der Waals surface area contributed by atoms with Gasteiger partial charge in [-0.15, -0.1) is 0 Å². The second-order valence-electron chi connectivity index (χ2n) is 6.39. The van der Waals surface area contributed by atoms with Gasteiger partial charge >= 0.3 is 5.97 Å². The molecule has 1 amide bonds. The summed E-state index contributed by atoms with van der Waals surface area (Å²) in [5, 5.41) is 11.9. The normalized spacial score (nSPS) is 16.0. The molecule has 120 valence electrons. The molecule has 0 radical (unpaired) electrons. The summed E-state index contributed by atoms with van der Waals surface area (Å²) >= 11 is 0. The van der Waals surface area contributed by atoms with Crippen LogP contribution in [0.15, 0.2) is 24.3 Å². The van der Waals surface area contributed by atoms with E-state index in [-0.39, 0.29) is 12.3 Å². The van der Waals surface area contributed by atoms with Crippen molar-refractivity contribution in [2.75, 3.05) is 6.61 Å². The summed E-state index contributed by atoms with van der Waals surface area (Å²) in [7, 11) is 0. The molecule has 1 aromatic rings. The van der Waals surface area contributed by atoms with Gasteiger partial charge in [0.2, 0.25) is 0 Å². The third-order valence-corrected chi connectivity index (χ3v) is 3.88. The summed E-state index contributed by atoms with van der Waals surface area (Å²) in [6.45, 7) is 4.78. The lowest BCUT2D eigenvalue weighted by atomic mass is 9.74. The van der Waals surface area contributed by atoms with E-state index in [2.05, 4.69) is 19.2 Å². The Bertz CT molecular complexity index is 532. The number of hydrogen-bond donors (Lipinski definition) is 2. The molecule has 22 heavy (non-hydrogen) atoms. The van der Waals surface area contributed by atoms with Gasteiger partial charge in [0.15, 0.2) is 0 Å². The van der Waals surface area contributed by atoms with E-state index in [1.165, 1.54) is 0 Å². The van der Waals surface area contributed by atoms with Crippen LogP contribution in [0.1, 0.15) is 49.9 Å². The zero-order chi connectivity index (χ0) is 16.2. The fourth-order valence-electron chi connectivity index (χ4n) is 2.52. The van der Waals surface area contributed by atoms with Crippen molar-refractivity contribution in [3.63, 3.8) is 0 Å². The lowest BCUT2D eigenvalue weighted by Crippen LogP contribution is -2.54. The van der Waals surface area contributed by atoms with E-state index < -0.39 is 11.5 Å². The standard InChI is InChI=1S/C17H23NO4/c1-12(2)11-22-14-6-4-13(5-7-14)16(21)18-17(8-3-9-17)10-15(19)20/h4-7,12H,3,8-11H2,1-2H3,(H,18,21)(H,19,20). The van der Waals surface area contributed by atoms with Gasteiger partial charge in [-0.25, -0.2) is 0 Å². The minimum absolute atomic E-state index is 0.0195. The van der Waals surface area contributed by atoms with Crippen molar-refractivity contribution in [2.45, 2.75) is 45.1 Å². The van der Waals surface area contributed by atoms with Crippen molar-refractivity contribution in [3.05, 3.63) is 29.8 Å². The van der Waals surface area contributed by atoms with Crippen LogP contribution in [0.25, 0.3) is 0 Å². The fraction of sp³-hybridized carbons (Fsp3) is 0.529. The summed E-state index contributed by atoms with van der Waals surface area (Å²) in [6, 6.07) is 6.94. The first-order valence-electron chi connectivity index (χ1n) is 7.67. The van der Waals surface area contributed by atoms with Gasteiger partial charge in [0.25, 0.3) is 5.91 Å². The first-order valence-corrected chi connectivity index (χ1v) is 7.67. The van der Waals surface area contributed by atoms with Gasteiger partial charge in [0.1, 0.15) is 5.75 Å². The highest BCUT2D eigenvalue weighted by Crippen LogP contribution is 2.35. The summed E-state index contributed by atoms with van der Waals surface area (Å²) in [4.78, 5) is 23.2. The van der Waals surface area contributed by atoms with Crippen LogP contribution < -0.4 is 10.1 Å². The SMILES string of the molecule is CC(C)COc1ccc(C(=O)NC2(CC(=O)O)CCC2)cc1. The molecule has 0 aliphatic heterocycles. The van der Waals surface area contributed by atoms with E-state index in [0.717, 1.165) is 25.0 Å². The quantitative estimate of drug-likeness (QED) is 0.812. The number of benzene rings is 1. The number of carboxylic acids is 1. The number of ether oxygens (including phenoxy) is 1. The highest BCUT2D eigenvalue weighted by molar-refractivity contribution is 5.95. The Morgan fingerprint density at radius 1 is 1.27 bits per heavy atom. The van der Waals surface area contributed by atoms with Crippen LogP contribution >= 0.6 is 0 Å². The Morgan fingerprint density at radius 3 is 2.36 bits per heavy atom. The van der Waals surface area contributed by atoms with Gasteiger partial charge in [-0.05, 0) is 49.4 Å². The number of nitrogens with one attached hydrogen (secondary N) is 1. The summed E-state index contributed by atoms with van der Waals surface area (Å²) < 4.78 is 5.58. The molecule has 0 atom stereocenters. The predicted octanol–water partition coefficient (Wildman–Crippen LogP) is 2.85. The topological polar surface area (TPSA) is 75.6 Å². The van der Waals surface area contributed by atoms with Crippen molar-refractivity contribution >= 4 is 11.9 Å². The van der Waals surface area contributed by atoms with Crippen LogP contribution in [0.3, 0.4) is 0 Å². The molecule has 1 saturated carbocycles. The van der Waals surface area contributed by atoms with E-state index >= 15 is 0 Å². The lowest BCUT2D eigenvalue weighted by Gasteiger charge is -2.41. The van der Waals surface area contributed by atoms with Crippen molar-refractivity contribution in [1.82, 2.24) is 5.32 Å². The molecule has 1 aromatic carbocycles. The van der Waals surface area contributed by atoms with Gasteiger partial charge in [-0.2, -0.15) is 0 Å². The van der Waals surface area contributed by atoms with Crippen LogP contribution in [0.2, 0.25) is 0 Å². The molecule has 2 N–H and O–H groups in total. The van der Waals surface area contributed by atoms with Crippen LogP contribution in [0.5, 0.6) is 5.75 Å². The number of amides is 1. The average Bonchev–Trinajstić information content (AvgIpc) is 2.42. The number of carbonyl (C=O) groups excluding carboxylic acids is 1. The van der Waals surface area contributed by atoms with Crippen LogP contribution in [-0.4, -0.2) is 29.1 Å². The minimum Gasteiger partial charge on any atom is -0.493 e. The number of carbonyl (C=O) groups is 2. The van der Waals surface area contributed by atoms with E-state index in [0.29, 0.717) is 18.1 Å². The van der Waals surface area contributed by atoms with Gasteiger partial charge in [0, 0.05) is 5.56 Å². The molecule has 1 fully saturated rings. The van der Waals surface area contributed by atoms with Gasteiger partial charge in [0.05, 0.1) is 18.6 Å². The van der Waals surface area contributed by atoms with E-state index in [1.54, 1.807) is 24.3 Å². The second kappa shape index (κ2) is 6.81. The zero-order valence-corrected chi connectivity index (χ0v) is 13.1. The number of hydrogen-bond acceptors (Lipinski definition) is 3. The number of rotatable bonds is 7. The Morgan fingerprint density at radius 2 is 1.91 bits per heavy atom. The summed E-state index contributed by atoms with van der Waals surface area (Å²) in [5.41, 5.74) is -0.0519. The van der Waals surface area contributed by atoms with E-state index in [9.17, 15) is 9.59 Å².